The lowest BCUT2D eigenvalue weighted by atomic mass is 9.87. The maximum atomic E-state index is 14.5. The number of nitrogens with two attached hydrogens (primary N) is 1. The quantitative estimate of drug-likeness (QED) is 0.0704. The molecule has 16 heteroatoms. The lowest BCUT2D eigenvalue weighted by molar-refractivity contribution is -0.143. The van der Waals surface area contributed by atoms with Crippen LogP contribution in [0.5, 0.6) is 5.75 Å². The van der Waals surface area contributed by atoms with E-state index in [0.717, 1.165) is 17.2 Å². The van der Waals surface area contributed by atoms with Crippen LogP contribution in [0.4, 0.5) is 0 Å². The van der Waals surface area contributed by atoms with E-state index in [0.29, 0.717) is 49.1 Å². The number of ether oxygens (including phenoxy) is 1. The number of methoxy groups -OCH3 is 1. The Morgan fingerprint density at radius 1 is 1.02 bits per heavy atom. The lowest BCUT2D eigenvalue weighted by Gasteiger charge is -2.34. The van der Waals surface area contributed by atoms with Crippen LogP contribution in [0.3, 0.4) is 0 Å². The SMILES string of the molecule is COc1ccc(CC(NC(=O)C(CCCCN)NS(C)(=O)=O)P(=O)(O)CC2(C(=O)N[C@@H](Cc3c[nH]c4ccccc34)C(=O)O)CCCC2)cc1. The van der Waals surface area contributed by atoms with Gasteiger partial charge in [-0.25, -0.2) is 17.9 Å². The number of unbranched alkanes of at least 4 members (excludes halogenated alkanes) is 1. The minimum Gasteiger partial charge on any atom is -0.497 e. The van der Waals surface area contributed by atoms with Gasteiger partial charge in [-0.3, -0.25) is 14.2 Å². The Hall–Kier alpha value is -3.75. The van der Waals surface area contributed by atoms with Gasteiger partial charge in [-0.15, -0.1) is 0 Å². The van der Waals surface area contributed by atoms with Gasteiger partial charge in [0.2, 0.25) is 29.2 Å². The molecule has 1 aliphatic carbocycles. The zero-order valence-electron chi connectivity index (χ0n) is 28.4. The van der Waals surface area contributed by atoms with Crippen LogP contribution in [0.1, 0.15) is 56.1 Å². The van der Waals surface area contributed by atoms with E-state index in [1.807, 2.05) is 24.3 Å². The van der Waals surface area contributed by atoms with Gasteiger partial charge in [0.05, 0.1) is 18.8 Å². The molecule has 3 aromatic rings. The molecule has 1 fully saturated rings. The van der Waals surface area contributed by atoms with Crippen molar-refractivity contribution in [2.75, 3.05) is 26.1 Å². The molecule has 2 amide bonds. The third-order valence-corrected chi connectivity index (χ3v) is 12.3. The second-order valence-electron chi connectivity index (χ2n) is 13.1. The summed E-state index contributed by atoms with van der Waals surface area (Å²) in [6.45, 7) is 0.341. The standard InChI is InChI=1S/C34H48N5O9PS/c1-48-25-14-12-23(13-15-25)19-30(38-31(40)28(11-5-8-18-35)39-50(2,46)47)49(44,45)22-34(16-6-7-17-34)33(43)37-29(32(41)42)20-24-21-36-27-10-4-3-9-26(24)27/h3-4,9-10,12-15,21,28-30,36,39H,5-8,11,16-20,22,35H2,1-2H3,(H,37,43)(H,38,40)(H,41,42)(H,44,45)/t28?,29-,30?/m0/s1. The van der Waals surface area contributed by atoms with E-state index < -0.39 is 64.6 Å². The predicted molar refractivity (Wildman–Crippen MR) is 190 cm³/mol. The topological polar surface area (TPSA) is 230 Å². The number of aromatic amines is 1. The van der Waals surface area contributed by atoms with Gasteiger partial charge < -0.3 is 36.1 Å². The van der Waals surface area contributed by atoms with Crippen molar-refractivity contribution >= 4 is 46.1 Å². The van der Waals surface area contributed by atoms with Crippen LogP contribution in [-0.4, -0.2) is 85.1 Å². The van der Waals surface area contributed by atoms with Crippen molar-refractivity contribution in [2.45, 2.75) is 75.7 Å². The van der Waals surface area contributed by atoms with Gasteiger partial charge in [-0.05, 0) is 61.6 Å². The number of H-pyrrole nitrogens is 1. The van der Waals surface area contributed by atoms with Crippen LogP contribution in [0.2, 0.25) is 0 Å². The Balaban J connectivity index is 1.61. The number of amides is 2. The highest BCUT2D eigenvalue weighted by molar-refractivity contribution is 7.88. The van der Waals surface area contributed by atoms with Crippen molar-refractivity contribution in [3.8, 4) is 5.75 Å². The molecule has 2 aromatic carbocycles. The summed E-state index contributed by atoms with van der Waals surface area (Å²) in [5.41, 5.74) is 6.34. The Kier molecular flexibility index (Phi) is 13.3. The first-order valence-corrected chi connectivity index (χ1v) is 20.5. The van der Waals surface area contributed by atoms with Crippen LogP contribution in [0, 0.1) is 5.41 Å². The number of carboxylic acids is 1. The molecule has 8 N–H and O–H groups in total. The molecule has 0 bridgehead atoms. The molecule has 14 nitrogen and oxygen atoms in total. The largest absolute Gasteiger partial charge is 0.497 e. The van der Waals surface area contributed by atoms with E-state index in [1.165, 1.54) is 7.11 Å². The highest BCUT2D eigenvalue weighted by Gasteiger charge is 2.49. The number of sulfonamides is 1. The molecule has 50 heavy (non-hydrogen) atoms. The number of rotatable bonds is 19. The van der Waals surface area contributed by atoms with Crippen LogP contribution in [0.25, 0.3) is 10.9 Å². The van der Waals surface area contributed by atoms with Crippen molar-refractivity contribution < 1.29 is 42.1 Å². The van der Waals surface area contributed by atoms with Crippen LogP contribution in [0.15, 0.2) is 54.7 Å². The smallest absolute Gasteiger partial charge is 0.326 e. The van der Waals surface area contributed by atoms with Crippen molar-refractivity contribution in [2.24, 2.45) is 11.1 Å². The number of para-hydroxylation sites is 1. The summed E-state index contributed by atoms with van der Waals surface area (Å²) in [6.07, 6.45) is 4.77. The van der Waals surface area contributed by atoms with Crippen molar-refractivity contribution in [3.63, 3.8) is 0 Å². The fourth-order valence-corrected chi connectivity index (χ4v) is 9.74. The molecule has 1 saturated carbocycles. The predicted octanol–water partition coefficient (Wildman–Crippen LogP) is 2.85. The van der Waals surface area contributed by atoms with Gasteiger partial charge in [-0.1, -0.05) is 49.6 Å². The molecule has 1 aromatic heterocycles. The summed E-state index contributed by atoms with van der Waals surface area (Å²) >= 11 is 0. The third-order valence-electron chi connectivity index (χ3n) is 9.28. The second-order valence-corrected chi connectivity index (χ2v) is 17.4. The van der Waals surface area contributed by atoms with E-state index in [9.17, 15) is 37.4 Å². The van der Waals surface area contributed by atoms with E-state index >= 15 is 0 Å². The molecular weight excluding hydrogens is 685 g/mol. The molecule has 4 atom stereocenters. The summed E-state index contributed by atoms with van der Waals surface area (Å²) in [5, 5.41) is 16.3. The van der Waals surface area contributed by atoms with Crippen LogP contribution >= 0.6 is 7.37 Å². The Bertz CT molecular complexity index is 1790. The normalized spacial score (nSPS) is 17.4. The summed E-state index contributed by atoms with van der Waals surface area (Å²) in [7, 11) is -6.78. The first kappa shape index (κ1) is 39.0. The first-order chi connectivity index (χ1) is 23.7. The molecule has 3 unspecified atom stereocenters. The third kappa shape index (κ3) is 10.4. The molecule has 0 saturated heterocycles. The number of carboxylic acid groups (broad SMARTS) is 1. The maximum Gasteiger partial charge on any atom is 0.326 e. The molecule has 1 aliphatic rings. The number of nitrogens with one attached hydrogen (secondary N) is 4. The fraction of sp³-hybridized carbons (Fsp3) is 0.500. The van der Waals surface area contributed by atoms with Gasteiger partial charge in [0.25, 0.3) is 0 Å². The number of benzene rings is 2. The van der Waals surface area contributed by atoms with E-state index in [-0.39, 0.29) is 32.1 Å². The first-order valence-electron chi connectivity index (χ1n) is 16.7. The molecule has 0 aliphatic heterocycles. The second kappa shape index (κ2) is 17.0. The Morgan fingerprint density at radius 2 is 1.70 bits per heavy atom. The van der Waals surface area contributed by atoms with Crippen molar-refractivity contribution in [3.05, 3.63) is 65.9 Å². The molecule has 4 rings (SSSR count). The number of carbonyl (C=O) groups is 3. The number of hydrogen-bond donors (Lipinski definition) is 7. The average molecular weight is 734 g/mol. The number of hydrogen-bond acceptors (Lipinski definition) is 8. The zero-order valence-corrected chi connectivity index (χ0v) is 30.1. The van der Waals surface area contributed by atoms with Gasteiger partial charge in [0.15, 0.2) is 0 Å². The molecular formula is C34H48N5O9PS. The minimum absolute atomic E-state index is 0.00696. The van der Waals surface area contributed by atoms with Crippen LogP contribution < -0.4 is 25.8 Å². The summed E-state index contributed by atoms with van der Waals surface area (Å²) in [5.74, 6) is -3.50. The maximum absolute atomic E-state index is 14.5. The lowest BCUT2D eigenvalue weighted by Crippen LogP contribution is -2.52. The van der Waals surface area contributed by atoms with Gasteiger partial charge in [0.1, 0.15) is 23.6 Å². The highest BCUT2D eigenvalue weighted by Crippen LogP contribution is 2.55. The van der Waals surface area contributed by atoms with E-state index in [1.54, 1.807) is 30.5 Å². The fourth-order valence-electron chi connectivity index (χ4n) is 6.62. The van der Waals surface area contributed by atoms with Crippen LogP contribution in [-0.2, 0) is 41.8 Å². The minimum atomic E-state index is -4.46. The number of carbonyl (C=O) groups excluding carboxylic acids is 2. The van der Waals surface area contributed by atoms with Crippen molar-refractivity contribution in [1.29, 1.82) is 0 Å². The molecule has 274 valence electrons. The Morgan fingerprint density at radius 3 is 2.32 bits per heavy atom. The van der Waals surface area contributed by atoms with Gasteiger partial charge in [0, 0.05) is 36.1 Å². The van der Waals surface area contributed by atoms with E-state index in [2.05, 4.69) is 20.3 Å². The highest BCUT2D eigenvalue weighted by atomic mass is 32.2. The van der Waals surface area contributed by atoms with Gasteiger partial charge in [-0.2, -0.15) is 0 Å². The van der Waals surface area contributed by atoms with E-state index in [4.69, 9.17) is 10.5 Å². The number of fused-ring (bicyclic) bond motifs is 1. The van der Waals surface area contributed by atoms with Gasteiger partial charge >= 0.3 is 5.97 Å². The number of aliphatic carboxylic acids is 1. The molecule has 0 spiro atoms. The zero-order chi connectivity index (χ0) is 36.5. The summed E-state index contributed by atoms with van der Waals surface area (Å²) in [6, 6.07) is 11.6. The van der Waals surface area contributed by atoms with Crippen molar-refractivity contribution in [1.82, 2.24) is 20.3 Å². The average Bonchev–Trinajstić information content (AvgIpc) is 3.71. The summed E-state index contributed by atoms with van der Waals surface area (Å²) in [4.78, 5) is 55.0. The molecule has 0 radical (unpaired) electrons. The summed E-state index contributed by atoms with van der Waals surface area (Å²) < 4.78 is 46.3. The number of aromatic nitrogens is 1. The Labute approximate surface area is 292 Å². The molecule has 1 heterocycles. The monoisotopic (exact) mass is 733 g/mol.